The van der Waals surface area contributed by atoms with Crippen LogP contribution in [0.1, 0.15) is 17.3 Å². The molecular weight excluding hydrogens is 286 g/mol. The van der Waals surface area contributed by atoms with E-state index in [-0.39, 0.29) is 0 Å². The largest absolute Gasteiger partial charge is 0.426 e. The van der Waals surface area contributed by atoms with Crippen LogP contribution in [0.15, 0.2) is 46.9 Å². The van der Waals surface area contributed by atoms with Crippen molar-refractivity contribution >= 4 is 0 Å². The maximum Gasteiger partial charge on any atom is 0.217 e. The molecule has 0 atom stereocenters. The minimum Gasteiger partial charge on any atom is -0.426 e. The summed E-state index contributed by atoms with van der Waals surface area (Å²) in [5.41, 5.74) is 2.38. The third-order valence-electron chi connectivity index (χ3n) is 3.22. The second-order valence-electron chi connectivity index (χ2n) is 4.88. The first-order valence-corrected chi connectivity index (χ1v) is 6.79. The first kappa shape index (κ1) is 14.4. The standard InChI is InChI=1S/C17H13F2N2O/c1-11-20-21-17(22-11)8-5-12-3-2-4-13(9-12)14-6-7-15(18)16(19)10-14/h2-7,9-10H,8H2,1H3. The molecule has 0 bridgehead atoms. The van der Waals surface area contributed by atoms with Crippen molar-refractivity contribution in [1.29, 1.82) is 0 Å². The Morgan fingerprint density at radius 2 is 1.82 bits per heavy atom. The fourth-order valence-corrected chi connectivity index (χ4v) is 2.15. The second kappa shape index (κ2) is 6.05. The third kappa shape index (κ3) is 3.19. The van der Waals surface area contributed by atoms with Crippen molar-refractivity contribution in [3.8, 4) is 11.1 Å². The van der Waals surface area contributed by atoms with Gasteiger partial charge < -0.3 is 4.42 Å². The van der Waals surface area contributed by atoms with Crippen LogP contribution in [0.4, 0.5) is 8.78 Å². The van der Waals surface area contributed by atoms with E-state index in [1.54, 1.807) is 13.0 Å². The molecule has 1 radical (unpaired) electrons. The Bertz CT molecular complexity index is 799. The highest BCUT2D eigenvalue weighted by Crippen LogP contribution is 2.23. The predicted molar refractivity (Wildman–Crippen MR) is 77.9 cm³/mol. The quantitative estimate of drug-likeness (QED) is 0.727. The zero-order valence-electron chi connectivity index (χ0n) is 11.9. The smallest absolute Gasteiger partial charge is 0.217 e. The van der Waals surface area contributed by atoms with Crippen LogP contribution in [0, 0.1) is 25.0 Å². The molecule has 0 saturated carbocycles. The van der Waals surface area contributed by atoms with Crippen LogP contribution < -0.4 is 0 Å². The lowest BCUT2D eigenvalue weighted by atomic mass is 10.0. The lowest BCUT2D eigenvalue weighted by Gasteiger charge is -2.05. The van der Waals surface area contributed by atoms with Crippen LogP contribution in [0.5, 0.6) is 0 Å². The maximum atomic E-state index is 13.3. The number of halogens is 2. The molecular formula is C17H13F2N2O. The van der Waals surface area contributed by atoms with Crippen molar-refractivity contribution < 1.29 is 13.2 Å². The zero-order chi connectivity index (χ0) is 15.5. The van der Waals surface area contributed by atoms with Gasteiger partial charge in [-0.2, -0.15) is 0 Å². The van der Waals surface area contributed by atoms with Crippen LogP contribution in [0.2, 0.25) is 0 Å². The van der Waals surface area contributed by atoms with Gasteiger partial charge in [-0.15, -0.1) is 10.2 Å². The lowest BCUT2D eigenvalue weighted by Crippen LogP contribution is -1.90. The topological polar surface area (TPSA) is 38.9 Å². The number of rotatable bonds is 4. The van der Waals surface area contributed by atoms with Gasteiger partial charge in [-0.05, 0) is 35.2 Å². The van der Waals surface area contributed by atoms with Gasteiger partial charge in [0.05, 0.1) is 0 Å². The maximum absolute atomic E-state index is 13.3. The summed E-state index contributed by atoms with van der Waals surface area (Å²) in [5, 5.41) is 7.69. The van der Waals surface area contributed by atoms with E-state index in [2.05, 4.69) is 10.2 Å². The van der Waals surface area contributed by atoms with Crippen molar-refractivity contribution in [1.82, 2.24) is 10.2 Å². The van der Waals surface area contributed by atoms with Crippen LogP contribution in [-0.4, -0.2) is 10.2 Å². The number of aromatic nitrogens is 2. The zero-order valence-corrected chi connectivity index (χ0v) is 11.9. The number of hydrogen-bond acceptors (Lipinski definition) is 3. The van der Waals surface area contributed by atoms with E-state index < -0.39 is 11.6 Å². The first-order valence-electron chi connectivity index (χ1n) is 6.79. The lowest BCUT2D eigenvalue weighted by molar-refractivity contribution is 0.476. The third-order valence-corrected chi connectivity index (χ3v) is 3.22. The summed E-state index contributed by atoms with van der Waals surface area (Å²) in [6, 6.07) is 11.4. The normalized spacial score (nSPS) is 10.9. The summed E-state index contributed by atoms with van der Waals surface area (Å²) in [6.45, 7) is 1.74. The molecule has 0 N–H and O–H groups in total. The predicted octanol–water partition coefficient (Wildman–Crippen LogP) is 4.12. The molecule has 1 heterocycles. The van der Waals surface area contributed by atoms with Gasteiger partial charge in [0.25, 0.3) is 0 Å². The van der Waals surface area contributed by atoms with Crippen LogP contribution in [0.25, 0.3) is 11.1 Å². The van der Waals surface area contributed by atoms with Gasteiger partial charge in [0.2, 0.25) is 11.8 Å². The molecule has 3 aromatic rings. The van der Waals surface area contributed by atoms with Crippen molar-refractivity contribution in [2.24, 2.45) is 0 Å². The molecule has 3 nitrogen and oxygen atoms in total. The van der Waals surface area contributed by atoms with Gasteiger partial charge in [-0.1, -0.05) is 30.3 Å². The van der Waals surface area contributed by atoms with Gasteiger partial charge in [0.1, 0.15) is 0 Å². The SMILES string of the molecule is Cc1nnc(C[CH]c2cccc(-c3ccc(F)c(F)c3)c2)o1. The number of hydrogen-bond donors (Lipinski definition) is 0. The molecule has 5 heteroatoms. The van der Waals surface area contributed by atoms with E-state index in [9.17, 15) is 8.78 Å². The second-order valence-corrected chi connectivity index (χ2v) is 4.88. The highest BCUT2D eigenvalue weighted by Gasteiger charge is 2.07. The summed E-state index contributed by atoms with van der Waals surface area (Å²) in [4.78, 5) is 0. The average molecular weight is 299 g/mol. The van der Waals surface area contributed by atoms with E-state index in [4.69, 9.17) is 4.42 Å². The molecule has 0 aliphatic heterocycles. The Labute approximate surface area is 126 Å². The molecule has 3 rings (SSSR count). The summed E-state index contributed by atoms with van der Waals surface area (Å²) in [7, 11) is 0. The Kier molecular flexibility index (Phi) is 3.96. The Morgan fingerprint density at radius 1 is 1.00 bits per heavy atom. The van der Waals surface area contributed by atoms with Gasteiger partial charge in [-0.25, -0.2) is 8.78 Å². The monoisotopic (exact) mass is 299 g/mol. The molecule has 0 spiro atoms. The van der Waals surface area contributed by atoms with E-state index in [0.29, 0.717) is 23.8 Å². The molecule has 22 heavy (non-hydrogen) atoms. The van der Waals surface area contributed by atoms with E-state index >= 15 is 0 Å². The van der Waals surface area contributed by atoms with Crippen molar-refractivity contribution in [3.63, 3.8) is 0 Å². The summed E-state index contributed by atoms with van der Waals surface area (Å²) in [5.74, 6) is -0.638. The molecule has 0 unspecified atom stereocenters. The molecule has 1 aromatic heterocycles. The highest BCUT2D eigenvalue weighted by molar-refractivity contribution is 5.64. The Balaban J connectivity index is 1.78. The molecule has 0 amide bonds. The summed E-state index contributed by atoms with van der Waals surface area (Å²) < 4.78 is 31.6. The van der Waals surface area contributed by atoms with Crippen molar-refractivity contribution in [2.45, 2.75) is 13.3 Å². The highest BCUT2D eigenvalue weighted by atomic mass is 19.2. The minimum absolute atomic E-state index is 0.516. The molecule has 0 aliphatic rings. The number of nitrogens with zero attached hydrogens (tertiary/aromatic N) is 2. The Hall–Kier alpha value is -2.56. The van der Waals surface area contributed by atoms with Crippen molar-refractivity contribution in [2.75, 3.05) is 0 Å². The van der Waals surface area contributed by atoms with Crippen LogP contribution >= 0.6 is 0 Å². The van der Waals surface area contributed by atoms with Crippen LogP contribution in [0.3, 0.4) is 0 Å². The molecule has 2 aromatic carbocycles. The average Bonchev–Trinajstić information content (AvgIpc) is 2.94. The molecule has 0 aliphatic carbocycles. The van der Waals surface area contributed by atoms with Gasteiger partial charge in [-0.3, -0.25) is 0 Å². The molecule has 0 fully saturated rings. The Morgan fingerprint density at radius 3 is 2.55 bits per heavy atom. The summed E-state index contributed by atoms with van der Waals surface area (Å²) >= 11 is 0. The van der Waals surface area contributed by atoms with E-state index in [0.717, 1.165) is 17.2 Å². The number of benzene rings is 2. The van der Waals surface area contributed by atoms with Gasteiger partial charge in [0.15, 0.2) is 11.6 Å². The minimum atomic E-state index is -0.854. The van der Waals surface area contributed by atoms with E-state index in [1.807, 2.05) is 30.7 Å². The van der Waals surface area contributed by atoms with Gasteiger partial charge in [0, 0.05) is 13.3 Å². The van der Waals surface area contributed by atoms with E-state index in [1.165, 1.54) is 6.07 Å². The first-order chi connectivity index (χ1) is 10.6. The molecule has 0 saturated heterocycles. The molecule has 111 valence electrons. The van der Waals surface area contributed by atoms with Crippen LogP contribution in [-0.2, 0) is 6.42 Å². The van der Waals surface area contributed by atoms with Crippen molar-refractivity contribution in [3.05, 3.63) is 77.9 Å². The summed E-state index contributed by atoms with van der Waals surface area (Å²) in [6.07, 6.45) is 2.46. The number of aryl methyl sites for hydroxylation is 1. The fraction of sp³-hybridized carbons (Fsp3) is 0.118. The van der Waals surface area contributed by atoms with Gasteiger partial charge >= 0.3 is 0 Å². The fourth-order valence-electron chi connectivity index (χ4n) is 2.15.